The molecule has 0 unspecified atom stereocenters. The topological polar surface area (TPSA) is 127 Å². The predicted molar refractivity (Wildman–Crippen MR) is 129 cm³/mol. The molecule has 0 bridgehead atoms. The smallest absolute Gasteiger partial charge is 0.413 e. The number of nitrogens with one attached hydrogen (secondary N) is 2. The van der Waals surface area contributed by atoms with Gasteiger partial charge in [-0.15, -0.1) is 0 Å². The number of rotatable bonds is 6. The molecule has 35 heavy (non-hydrogen) atoms. The van der Waals surface area contributed by atoms with E-state index in [1.165, 1.54) is 6.20 Å². The van der Waals surface area contributed by atoms with Crippen LogP contribution in [0.5, 0.6) is 0 Å². The van der Waals surface area contributed by atoms with Crippen LogP contribution in [0.1, 0.15) is 39.6 Å². The third-order valence-electron chi connectivity index (χ3n) is 6.39. The Morgan fingerprint density at radius 3 is 2.31 bits per heavy atom. The summed E-state index contributed by atoms with van der Waals surface area (Å²) in [7, 11) is 0. The molecule has 0 atom stereocenters. The number of thiazole rings is 1. The van der Waals surface area contributed by atoms with Crippen LogP contribution < -0.4 is 10.6 Å². The number of nitrogens with zero attached hydrogens (tertiary/aromatic N) is 1. The zero-order valence-corrected chi connectivity index (χ0v) is 19.5. The van der Waals surface area contributed by atoms with Gasteiger partial charge in [0.1, 0.15) is 17.0 Å². The minimum Gasteiger partial charge on any atom is -0.480 e. The summed E-state index contributed by atoms with van der Waals surface area (Å²) in [6.07, 6.45) is 0.975. The molecule has 0 spiro atoms. The van der Waals surface area contributed by atoms with Gasteiger partial charge >= 0.3 is 12.1 Å². The first-order chi connectivity index (χ1) is 17.0. The Morgan fingerprint density at radius 2 is 1.69 bits per heavy atom. The third kappa shape index (κ3) is 4.50. The highest BCUT2D eigenvalue weighted by Crippen LogP contribution is 2.44. The summed E-state index contributed by atoms with van der Waals surface area (Å²) in [5, 5.41) is 15.0. The first kappa shape index (κ1) is 23.0. The Bertz CT molecular complexity index is 1240. The van der Waals surface area contributed by atoms with E-state index in [9.17, 15) is 19.5 Å². The minimum atomic E-state index is -1.38. The monoisotopic (exact) mass is 493 g/mol. The number of benzene rings is 2. The van der Waals surface area contributed by atoms with Gasteiger partial charge in [-0.05, 0) is 22.3 Å². The Labute approximate surface area is 205 Å². The standard InChI is InChI=1S/C25H23N3O6S/c29-21(28-25(22(30)31)9-11-33-12-10-25)20-13-26-23(35-20)27-24(32)34-14-19-17-7-3-1-5-15(17)16-6-2-4-8-18(16)19/h1-8,13,19H,9-12,14H2,(H,28,29)(H,30,31)(H,26,27,32). The molecule has 2 amide bonds. The van der Waals surface area contributed by atoms with E-state index >= 15 is 0 Å². The van der Waals surface area contributed by atoms with E-state index in [-0.39, 0.29) is 48.6 Å². The number of amides is 2. The highest BCUT2D eigenvalue weighted by atomic mass is 32.1. The van der Waals surface area contributed by atoms with E-state index in [2.05, 4.69) is 27.8 Å². The van der Waals surface area contributed by atoms with Crippen molar-refractivity contribution in [2.75, 3.05) is 25.1 Å². The van der Waals surface area contributed by atoms with Crippen LogP contribution in [-0.4, -0.2) is 53.4 Å². The zero-order chi connectivity index (χ0) is 24.4. The summed E-state index contributed by atoms with van der Waals surface area (Å²) < 4.78 is 10.7. The van der Waals surface area contributed by atoms with Crippen LogP contribution in [-0.2, 0) is 14.3 Å². The SMILES string of the molecule is O=C(Nc1ncc(C(=O)NC2(C(=O)O)CCOCC2)s1)OCC1c2ccccc2-c2ccccc21. The molecule has 1 fully saturated rings. The van der Waals surface area contributed by atoms with Crippen molar-refractivity contribution in [1.29, 1.82) is 0 Å². The molecule has 10 heteroatoms. The first-order valence-corrected chi connectivity index (χ1v) is 12.0. The molecule has 2 aliphatic rings. The van der Waals surface area contributed by atoms with Crippen LogP contribution in [0.15, 0.2) is 54.7 Å². The molecule has 2 heterocycles. The van der Waals surface area contributed by atoms with E-state index in [1.54, 1.807) is 0 Å². The lowest BCUT2D eigenvalue weighted by Gasteiger charge is -2.33. The summed E-state index contributed by atoms with van der Waals surface area (Å²) in [4.78, 5) is 41.2. The normalized spacial score (nSPS) is 16.1. The number of fused-ring (bicyclic) bond motifs is 3. The fourth-order valence-electron chi connectivity index (χ4n) is 4.55. The van der Waals surface area contributed by atoms with Gasteiger partial charge in [0.2, 0.25) is 0 Å². The summed E-state index contributed by atoms with van der Waals surface area (Å²) in [5.41, 5.74) is 3.11. The highest BCUT2D eigenvalue weighted by molar-refractivity contribution is 7.17. The molecule has 0 saturated carbocycles. The van der Waals surface area contributed by atoms with Crippen molar-refractivity contribution < 1.29 is 29.0 Å². The van der Waals surface area contributed by atoms with Gasteiger partial charge < -0.3 is 19.9 Å². The van der Waals surface area contributed by atoms with E-state index < -0.39 is 23.5 Å². The van der Waals surface area contributed by atoms with Gasteiger partial charge in [-0.1, -0.05) is 59.9 Å². The Hall–Kier alpha value is -3.76. The number of ether oxygens (including phenoxy) is 2. The fraction of sp³-hybridized carbons (Fsp3) is 0.280. The highest BCUT2D eigenvalue weighted by Gasteiger charge is 2.42. The number of carbonyl (C=O) groups is 3. The van der Waals surface area contributed by atoms with Crippen LogP contribution in [0.25, 0.3) is 11.1 Å². The molecular weight excluding hydrogens is 470 g/mol. The number of aromatic nitrogens is 1. The van der Waals surface area contributed by atoms with Crippen molar-refractivity contribution in [2.24, 2.45) is 0 Å². The molecule has 2 aromatic carbocycles. The molecule has 1 aliphatic carbocycles. The molecule has 1 aromatic heterocycles. The van der Waals surface area contributed by atoms with Crippen molar-refractivity contribution in [1.82, 2.24) is 10.3 Å². The van der Waals surface area contributed by atoms with Crippen LogP contribution in [0.4, 0.5) is 9.93 Å². The second-order valence-electron chi connectivity index (χ2n) is 8.43. The molecule has 1 aliphatic heterocycles. The maximum atomic E-state index is 12.7. The number of aliphatic carboxylic acids is 1. The summed E-state index contributed by atoms with van der Waals surface area (Å²) in [6.45, 7) is 0.662. The van der Waals surface area contributed by atoms with Crippen molar-refractivity contribution in [3.63, 3.8) is 0 Å². The minimum absolute atomic E-state index is 0.0718. The maximum Gasteiger partial charge on any atom is 0.413 e. The van der Waals surface area contributed by atoms with Crippen molar-refractivity contribution >= 4 is 34.4 Å². The quantitative estimate of drug-likeness (QED) is 0.476. The lowest BCUT2D eigenvalue weighted by molar-refractivity contribution is -0.148. The Balaban J connectivity index is 1.21. The number of carboxylic acids is 1. The van der Waals surface area contributed by atoms with Crippen LogP contribution in [0.2, 0.25) is 0 Å². The second-order valence-corrected chi connectivity index (χ2v) is 9.46. The largest absolute Gasteiger partial charge is 0.480 e. The average molecular weight is 494 g/mol. The lowest BCUT2D eigenvalue weighted by atomic mass is 9.90. The molecule has 9 nitrogen and oxygen atoms in total. The number of hydrogen-bond acceptors (Lipinski definition) is 7. The van der Waals surface area contributed by atoms with Crippen LogP contribution >= 0.6 is 11.3 Å². The summed E-state index contributed by atoms with van der Waals surface area (Å²) >= 11 is 0.944. The molecule has 5 rings (SSSR count). The number of carboxylic acid groups (broad SMARTS) is 1. The third-order valence-corrected chi connectivity index (χ3v) is 7.30. The van der Waals surface area contributed by atoms with E-state index in [0.29, 0.717) is 0 Å². The maximum absolute atomic E-state index is 12.7. The van der Waals surface area contributed by atoms with Crippen LogP contribution in [0.3, 0.4) is 0 Å². The van der Waals surface area contributed by atoms with E-state index in [4.69, 9.17) is 9.47 Å². The van der Waals surface area contributed by atoms with E-state index in [1.807, 2.05) is 36.4 Å². The Morgan fingerprint density at radius 1 is 1.06 bits per heavy atom. The van der Waals surface area contributed by atoms with Gasteiger partial charge in [-0.25, -0.2) is 14.6 Å². The summed E-state index contributed by atoms with van der Waals surface area (Å²) in [6, 6.07) is 16.1. The van der Waals surface area contributed by atoms with Crippen molar-refractivity contribution in [3.8, 4) is 11.1 Å². The zero-order valence-electron chi connectivity index (χ0n) is 18.7. The van der Waals surface area contributed by atoms with Gasteiger partial charge in [0.05, 0.1) is 6.20 Å². The number of carbonyl (C=O) groups excluding carboxylic acids is 2. The fourth-order valence-corrected chi connectivity index (χ4v) is 5.25. The average Bonchev–Trinajstić information content (AvgIpc) is 3.46. The molecule has 1 saturated heterocycles. The first-order valence-electron chi connectivity index (χ1n) is 11.2. The molecule has 3 aromatic rings. The van der Waals surface area contributed by atoms with Crippen molar-refractivity contribution in [2.45, 2.75) is 24.3 Å². The molecular formula is C25H23N3O6S. The van der Waals surface area contributed by atoms with Gasteiger partial charge in [0, 0.05) is 32.0 Å². The van der Waals surface area contributed by atoms with E-state index in [0.717, 1.165) is 33.6 Å². The van der Waals surface area contributed by atoms with Crippen LogP contribution in [0, 0.1) is 0 Å². The van der Waals surface area contributed by atoms with Gasteiger partial charge in [-0.3, -0.25) is 10.1 Å². The molecule has 0 radical (unpaired) electrons. The van der Waals surface area contributed by atoms with Gasteiger partial charge in [0.25, 0.3) is 5.91 Å². The second kappa shape index (κ2) is 9.47. The Kier molecular flexibility index (Phi) is 6.23. The molecule has 180 valence electrons. The van der Waals surface area contributed by atoms with Crippen molar-refractivity contribution in [3.05, 3.63) is 70.7 Å². The van der Waals surface area contributed by atoms with Gasteiger partial charge in [0.15, 0.2) is 5.13 Å². The lowest BCUT2D eigenvalue weighted by Crippen LogP contribution is -2.57. The number of anilines is 1. The molecule has 3 N–H and O–H groups in total. The summed E-state index contributed by atoms with van der Waals surface area (Å²) in [5.74, 6) is -1.74. The predicted octanol–water partition coefficient (Wildman–Crippen LogP) is 3.87. The van der Waals surface area contributed by atoms with Gasteiger partial charge in [-0.2, -0.15) is 0 Å². The number of hydrogen-bond donors (Lipinski definition) is 3.